The Hall–Kier alpha value is -3.22. The molecular weight excluding hydrogens is 316 g/mol. The van der Waals surface area contributed by atoms with Crippen molar-refractivity contribution in [3.63, 3.8) is 0 Å². The first-order valence-electron chi connectivity index (χ1n) is 8.25. The van der Waals surface area contributed by atoms with Gasteiger partial charge in [0.15, 0.2) is 5.82 Å². The van der Waals surface area contributed by atoms with Crippen molar-refractivity contribution in [2.24, 2.45) is 0 Å². The van der Waals surface area contributed by atoms with E-state index in [1.54, 1.807) is 23.3 Å². The summed E-state index contributed by atoms with van der Waals surface area (Å²) in [6.45, 7) is 0.760. The predicted octanol–water partition coefficient (Wildman–Crippen LogP) is 3.03. The molecule has 3 aromatic rings. The van der Waals surface area contributed by atoms with Crippen LogP contribution in [0.25, 0.3) is 5.82 Å². The minimum Gasteiger partial charge on any atom is -0.317 e. The number of benzene rings is 1. The molecule has 1 atom stereocenters. The number of amides is 2. The Morgan fingerprint density at radius 3 is 2.76 bits per heavy atom. The van der Waals surface area contributed by atoms with Crippen molar-refractivity contribution in [1.29, 1.82) is 0 Å². The molecule has 0 aliphatic carbocycles. The highest BCUT2D eigenvalue weighted by Gasteiger charge is 2.29. The largest absolute Gasteiger partial charge is 0.322 e. The number of hydrogen-bond donors (Lipinski definition) is 1. The molecule has 2 amide bonds. The standard InChI is InChI=1S/C18H18N6O/c25-18(23-10-4-7-16(23)14-5-2-1-3-6-14)22-15-8-9-17(20-11-15)24-13-19-12-21-24/h1-3,5-6,8-9,11-13,16H,4,7,10H2,(H,22,25)/t16-/m0/s1. The van der Waals surface area contributed by atoms with Crippen LogP contribution in [0.4, 0.5) is 10.5 Å². The normalized spacial score (nSPS) is 16.8. The second kappa shape index (κ2) is 6.72. The maximum absolute atomic E-state index is 12.7. The number of aromatic nitrogens is 4. The molecule has 3 heterocycles. The van der Waals surface area contributed by atoms with E-state index in [0.29, 0.717) is 11.5 Å². The highest BCUT2D eigenvalue weighted by atomic mass is 16.2. The van der Waals surface area contributed by atoms with Gasteiger partial charge in [0.2, 0.25) is 0 Å². The number of nitrogens with zero attached hydrogens (tertiary/aromatic N) is 5. The summed E-state index contributed by atoms with van der Waals surface area (Å²) in [5.74, 6) is 0.652. The van der Waals surface area contributed by atoms with Crippen molar-refractivity contribution < 1.29 is 4.79 Å². The lowest BCUT2D eigenvalue weighted by Gasteiger charge is -2.25. The third-order valence-electron chi connectivity index (χ3n) is 4.35. The van der Waals surface area contributed by atoms with E-state index in [4.69, 9.17) is 0 Å². The van der Waals surface area contributed by atoms with Gasteiger partial charge in [0.25, 0.3) is 0 Å². The molecular formula is C18H18N6O. The van der Waals surface area contributed by atoms with Crippen LogP contribution in [-0.2, 0) is 0 Å². The van der Waals surface area contributed by atoms with E-state index in [1.165, 1.54) is 11.9 Å². The molecule has 0 saturated carbocycles. The Kier molecular flexibility index (Phi) is 4.12. The zero-order valence-electron chi connectivity index (χ0n) is 13.6. The van der Waals surface area contributed by atoms with E-state index in [2.05, 4.69) is 32.5 Å². The van der Waals surface area contributed by atoms with E-state index in [9.17, 15) is 4.79 Å². The van der Waals surface area contributed by atoms with Crippen LogP contribution in [0.3, 0.4) is 0 Å². The van der Waals surface area contributed by atoms with E-state index < -0.39 is 0 Å². The molecule has 0 spiro atoms. The van der Waals surface area contributed by atoms with Gasteiger partial charge in [-0.25, -0.2) is 19.4 Å². The minimum atomic E-state index is -0.0957. The molecule has 1 N–H and O–H groups in total. The molecule has 4 rings (SSSR count). The molecule has 1 aliphatic heterocycles. The quantitative estimate of drug-likeness (QED) is 0.799. The number of anilines is 1. The summed E-state index contributed by atoms with van der Waals surface area (Å²) in [5, 5.41) is 6.97. The summed E-state index contributed by atoms with van der Waals surface area (Å²) in [6.07, 6.45) is 6.66. The van der Waals surface area contributed by atoms with Gasteiger partial charge in [-0.05, 0) is 30.5 Å². The van der Waals surface area contributed by atoms with Crippen LogP contribution >= 0.6 is 0 Å². The van der Waals surface area contributed by atoms with Gasteiger partial charge in [-0.15, -0.1) is 0 Å². The van der Waals surface area contributed by atoms with Gasteiger partial charge in [0, 0.05) is 6.54 Å². The van der Waals surface area contributed by atoms with E-state index in [-0.39, 0.29) is 12.1 Å². The molecule has 1 fully saturated rings. The average Bonchev–Trinajstić information content (AvgIpc) is 3.35. The van der Waals surface area contributed by atoms with Gasteiger partial charge in [0.1, 0.15) is 12.7 Å². The van der Waals surface area contributed by atoms with Crippen LogP contribution < -0.4 is 5.32 Å². The summed E-state index contributed by atoms with van der Waals surface area (Å²) in [6, 6.07) is 13.8. The predicted molar refractivity (Wildman–Crippen MR) is 93.3 cm³/mol. The molecule has 2 aromatic heterocycles. The van der Waals surface area contributed by atoms with Crippen LogP contribution in [0, 0.1) is 0 Å². The van der Waals surface area contributed by atoms with Crippen molar-refractivity contribution in [3.05, 3.63) is 66.9 Å². The molecule has 126 valence electrons. The number of pyridine rings is 1. The maximum atomic E-state index is 12.7. The van der Waals surface area contributed by atoms with Gasteiger partial charge in [0.05, 0.1) is 17.9 Å². The zero-order valence-corrected chi connectivity index (χ0v) is 13.6. The Bertz CT molecular complexity index is 832. The molecule has 0 unspecified atom stereocenters. The van der Waals surface area contributed by atoms with Crippen LogP contribution in [0.2, 0.25) is 0 Å². The number of carbonyl (C=O) groups is 1. The Morgan fingerprint density at radius 1 is 1.16 bits per heavy atom. The highest BCUT2D eigenvalue weighted by Crippen LogP contribution is 2.32. The van der Waals surface area contributed by atoms with Crippen molar-refractivity contribution in [3.8, 4) is 5.82 Å². The van der Waals surface area contributed by atoms with E-state index in [1.807, 2.05) is 29.2 Å². The fourth-order valence-electron chi connectivity index (χ4n) is 3.15. The summed E-state index contributed by atoms with van der Waals surface area (Å²) in [7, 11) is 0. The van der Waals surface area contributed by atoms with Gasteiger partial charge in [-0.3, -0.25) is 0 Å². The number of carbonyl (C=O) groups excluding carboxylic acids is 1. The van der Waals surface area contributed by atoms with Crippen molar-refractivity contribution in [2.45, 2.75) is 18.9 Å². The Morgan fingerprint density at radius 2 is 2.04 bits per heavy atom. The second-order valence-electron chi connectivity index (χ2n) is 5.94. The van der Waals surface area contributed by atoms with Crippen LogP contribution in [0.15, 0.2) is 61.3 Å². The first-order chi connectivity index (χ1) is 12.3. The number of rotatable bonds is 3. The van der Waals surface area contributed by atoms with Gasteiger partial charge in [-0.1, -0.05) is 30.3 Å². The molecule has 7 heteroatoms. The lowest BCUT2D eigenvalue weighted by molar-refractivity contribution is 0.207. The Labute approximate surface area is 145 Å². The SMILES string of the molecule is O=C(Nc1ccc(-n2cncn2)nc1)N1CCC[C@H]1c1ccccc1. The topological polar surface area (TPSA) is 75.9 Å². The summed E-state index contributed by atoms with van der Waals surface area (Å²) in [4.78, 5) is 22.8. The number of nitrogens with one attached hydrogen (secondary N) is 1. The van der Waals surface area contributed by atoms with Crippen molar-refractivity contribution in [1.82, 2.24) is 24.6 Å². The third-order valence-corrected chi connectivity index (χ3v) is 4.35. The highest BCUT2D eigenvalue weighted by molar-refractivity contribution is 5.89. The summed E-state index contributed by atoms with van der Waals surface area (Å²) >= 11 is 0. The maximum Gasteiger partial charge on any atom is 0.322 e. The molecule has 1 aromatic carbocycles. The lowest BCUT2D eigenvalue weighted by atomic mass is 10.1. The summed E-state index contributed by atoms with van der Waals surface area (Å²) < 4.78 is 1.57. The lowest BCUT2D eigenvalue weighted by Crippen LogP contribution is -2.34. The minimum absolute atomic E-state index is 0.0957. The second-order valence-corrected chi connectivity index (χ2v) is 5.94. The van der Waals surface area contributed by atoms with Gasteiger partial charge >= 0.3 is 6.03 Å². The summed E-state index contributed by atoms with van der Waals surface area (Å²) in [5.41, 5.74) is 1.84. The van der Waals surface area contributed by atoms with E-state index >= 15 is 0 Å². The first-order valence-corrected chi connectivity index (χ1v) is 8.25. The molecule has 25 heavy (non-hydrogen) atoms. The average molecular weight is 334 g/mol. The molecule has 0 bridgehead atoms. The van der Waals surface area contributed by atoms with Crippen LogP contribution in [0.5, 0.6) is 0 Å². The van der Waals surface area contributed by atoms with E-state index in [0.717, 1.165) is 19.4 Å². The molecule has 0 radical (unpaired) electrons. The van der Waals surface area contributed by atoms with Gasteiger partial charge in [-0.2, -0.15) is 5.10 Å². The van der Waals surface area contributed by atoms with Crippen molar-refractivity contribution >= 4 is 11.7 Å². The fraction of sp³-hybridized carbons (Fsp3) is 0.222. The number of likely N-dealkylation sites (tertiary alicyclic amines) is 1. The number of urea groups is 1. The number of hydrogen-bond acceptors (Lipinski definition) is 4. The molecule has 7 nitrogen and oxygen atoms in total. The molecule has 1 aliphatic rings. The fourth-order valence-corrected chi connectivity index (χ4v) is 3.15. The van der Waals surface area contributed by atoms with Gasteiger partial charge < -0.3 is 10.2 Å². The Balaban J connectivity index is 1.46. The van der Waals surface area contributed by atoms with Crippen molar-refractivity contribution in [2.75, 3.05) is 11.9 Å². The molecule has 1 saturated heterocycles. The first kappa shape index (κ1) is 15.3. The zero-order chi connectivity index (χ0) is 17.1. The van der Waals surface area contributed by atoms with Crippen LogP contribution in [0.1, 0.15) is 24.4 Å². The smallest absolute Gasteiger partial charge is 0.317 e. The monoisotopic (exact) mass is 334 g/mol. The third kappa shape index (κ3) is 3.21. The van der Waals surface area contributed by atoms with Crippen LogP contribution in [-0.4, -0.2) is 37.2 Å².